The number of benzene rings is 2. The molecule has 0 aliphatic carbocycles. The molecule has 0 atom stereocenters. The number of guanidine groups is 1. The average molecular weight is 445 g/mol. The third-order valence-corrected chi connectivity index (χ3v) is 5.53. The van der Waals surface area contributed by atoms with Crippen LogP contribution in [0.4, 0.5) is 4.39 Å². The van der Waals surface area contributed by atoms with Gasteiger partial charge in [0.15, 0.2) is 5.96 Å². The normalized spacial score (nSPS) is 12.0. The van der Waals surface area contributed by atoms with Crippen molar-refractivity contribution in [2.24, 2.45) is 10.1 Å². The van der Waals surface area contributed by atoms with E-state index in [0.717, 1.165) is 16.9 Å². The van der Waals surface area contributed by atoms with Gasteiger partial charge in [0.1, 0.15) is 11.6 Å². The van der Waals surface area contributed by atoms with Gasteiger partial charge in [0.25, 0.3) is 0 Å². The van der Waals surface area contributed by atoms with Crippen LogP contribution in [0.15, 0.2) is 75.2 Å². The molecule has 0 unspecified atom stereocenters. The van der Waals surface area contributed by atoms with E-state index >= 15 is 0 Å². The first kappa shape index (κ1) is 22.5. The minimum atomic E-state index is -3.72. The first-order chi connectivity index (χ1) is 14.8. The van der Waals surface area contributed by atoms with Crippen molar-refractivity contribution in [2.45, 2.75) is 31.3 Å². The summed E-state index contributed by atoms with van der Waals surface area (Å²) in [5, 5.41) is 11.6. The largest absolute Gasteiger partial charge is 0.469 e. The van der Waals surface area contributed by atoms with Crippen LogP contribution in [0.2, 0.25) is 0 Å². The third kappa shape index (κ3) is 6.94. The smallest absolute Gasteiger partial charge is 0.238 e. The molecule has 7 nitrogen and oxygen atoms in total. The molecule has 1 aromatic heterocycles. The zero-order valence-corrected chi connectivity index (χ0v) is 18.0. The van der Waals surface area contributed by atoms with E-state index in [1.807, 2.05) is 12.1 Å². The Kier molecular flexibility index (Phi) is 7.43. The predicted molar refractivity (Wildman–Crippen MR) is 117 cm³/mol. The first-order valence-corrected chi connectivity index (χ1v) is 11.3. The van der Waals surface area contributed by atoms with Crippen molar-refractivity contribution >= 4 is 16.0 Å². The number of nitrogens with one attached hydrogen (secondary N) is 2. The molecule has 9 heteroatoms. The van der Waals surface area contributed by atoms with Crippen molar-refractivity contribution < 1.29 is 17.2 Å². The first-order valence-electron chi connectivity index (χ1n) is 9.72. The number of halogens is 1. The molecule has 0 fully saturated rings. The minimum Gasteiger partial charge on any atom is -0.469 e. The summed E-state index contributed by atoms with van der Waals surface area (Å²) in [6.07, 6.45) is 2.32. The quantitative estimate of drug-likeness (QED) is 0.366. The lowest BCUT2D eigenvalue weighted by Gasteiger charge is -2.13. The van der Waals surface area contributed by atoms with Crippen LogP contribution >= 0.6 is 0 Å². The van der Waals surface area contributed by atoms with E-state index in [0.29, 0.717) is 37.6 Å². The highest BCUT2D eigenvalue weighted by Gasteiger charge is 2.07. The Hall–Kier alpha value is -3.17. The van der Waals surface area contributed by atoms with Crippen molar-refractivity contribution in [1.29, 1.82) is 0 Å². The Bertz CT molecular complexity index is 1130. The topological polar surface area (TPSA) is 110 Å². The van der Waals surface area contributed by atoms with Crippen LogP contribution in [0.1, 0.15) is 22.5 Å². The molecule has 0 saturated carbocycles. The van der Waals surface area contributed by atoms with Gasteiger partial charge in [0, 0.05) is 19.5 Å². The van der Waals surface area contributed by atoms with Crippen molar-refractivity contribution in [1.82, 2.24) is 10.6 Å². The van der Waals surface area contributed by atoms with Gasteiger partial charge < -0.3 is 15.1 Å². The fourth-order valence-electron chi connectivity index (χ4n) is 2.89. The van der Waals surface area contributed by atoms with Gasteiger partial charge >= 0.3 is 0 Å². The number of hydrogen-bond donors (Lipinski definition) is 3. The number of aliphatic imine (C=N–C) groups is 1. The summed E-state index contributed by atoms with van der Waals surface area (Å²) in [5.41, 5.74) is 2.33. The summed E-state index contributed by atoms with van der Waals surface area (Å²) < 4.78 is 41.6. The summed E-state index contributed by atoms with van der Waals surface area (Å²) >= 11 is 0. The van der Waals surface area contributed by atoms with Gasteiger partial charge in [-0.05, 0) is 53.9 Å². The van der Waals surface area contributed by atoms with Crippen LogP contribution in [0.25, 0.3) is 0 Å². The SMILES string of the molecule is Cc1cc(CN=C(NCCc2ccco2)NCc2ccc(S(N)(=O)=O)cc2)ccc1F. The third-order valence-electron chi connectivity index (χ3n) is 4.60. The average Bonchev–Trinajstić information content (AvgIpc) is 3.25. The van der Waals surface area contributed by atoms with E-state index in [2.05, 4.69) is 15.6 Å². The van der Waals surface area contributed by atoms with Gasteiger partial charge in [0.05, 0.1) is 17.7 Å². The van der Waals surface area contributed by atoms with Gasteiger partial charge in [-0.1, -0.05) is 24.3 Å². The maximum atomic E-state index is 13.5. The molecule has 0 radical (unpaired) electrons. The Labute approximate surface area is 181 Å². The maximum absolute atomic E-state index is 13.5. The lowest BCUT2D eigenvalue weighted by Crippen LogP contribution is -2.38. The van der Waals surface area contributed by atoms with Crippen molar-refractivity contribution in [2.75, 3.05) is 6.54 Å². The number of rotatable bonds is 8. The van der Waals surface area contributed by atoms with E-state index in [9.17, 15) is 12.8 Å². The molecule has 1 heterocycles. The van der Waals surface area contributed by atoms with E-state index < -0.39 is 10.0 Å². The number of nitrogens with two attached hydrogens (primary N) is 1. The number of sulfonamides is 1. The van der Waals surface area contributed by atoms with Crippen molar-refractivity contribution in [3.63, 3.8) is 0 Å². The van der Waals surface area contributed by atoms with E-state index in [1.165, 1.54) is 18.2 Å². The van der Waals surface area contributed by atoms with Crippen LogP contribution in [0, 0.1) is 12.7 Å². The Morgan fingerprint density at radius 3 is 2.48 bits per heavy atom. The van der Waals surface area contributed by atoms with Crippen LogP contribution in [0.3, 0.4) is 0 Å². The monoisotopic (exact) mass is 444 g/mol. The molecule has 4 N–H and O–H groups in total. The molecule has 0 aliphatic rings. The number of nitrogens with zero attached hydrogens (tertiary/aromatic N) is 1. The van der Waals surface area contributed by atoms with E-state index in [-0.39, 0.29) is 10.7 Å². The van der Waals surface area contributed by atoms with Crippen molar-refractivity contribution in [3.05, 3.63) is 89.1 Å². The molecule has 0 bridgehead atoms. The number of hydrogen-bond acceptors (Lipinski definition) is 4. The second kappa shape index (κ2) is 10.2. The predicted octanol–water partition coefficient (Wildman–Crippen LogP) is 2.85. The van der Waals surface area contributed by atoms with E-state index in [4.69, 9.17) is 9.56 Å². The summed E-state index contributed by atoms with van der Waals surface area (Å²) in [6.45, 7) is 3.13. The van der Waals surface area contributed by atoms with Gasteiger partial charge in [-0.15, -0.1) is 0 Å². The van der Waals surface area contributed by atoms with E-state index in [1.54, 1.807) is 37.5 Å². The zero-order valence-electron chi connectivity index (χ0n) is 17.1. The number of aryl methyl sites for hydroxylation is 1. The maximum Gasteiger partial charge on any atom is 0.238 e. The zero-order chi connectivity index (χ0) is 22.3. The minimum absolute atomic E-state index is 0.0633. The lowest BCUT2D eigenvalue weighted by molar-refractivity contribution is 0.506. The lowest BCUT2D eigenvalue weighted by atomic mass is 10.1. The second-order valence-corrected chi connectivity index (χ2v) is 8.61. The van der Waals surface area contributed by atoms with Gasteiger partial charge in [0.2, 0.25) is 10.0 Å². The Morgan fingerprint density at radius 1 is 1.10 bits per heavy atom. The molecule has 0 amide bonds. The molecule has 164 valence electrons. The molecule has 0 saturated heterocycles. The molecule has 0 spiro atoms. The Balaban J connectivity index is 1.65. The van der Waals surface area contributed by atoms with Crippen molar-refractivity contribution in [3.8, 4) is 0 Å². The summed E-state index contributed by atoms with van der Waals surface area (Å²) in [5.74, 6) is 1.19. The van der Waals surface area contributed by atoms with Crippen LogP contribution in [-0.2, 0) is 29.5 Å². The number of primary sulfonamides is 1. The highest BCUT2D eigenvalue weighted by Crippen LogP contribution is 2.11. The van der Waals surface area contributed by atoms with Crippen LogP contribution in [-0.4, -0.2) is 20.9 Å². The fraction of sp³-hybridized carbons (Fsp3) is 0.227. The standard InChI is InChI=1S/C22H25FN4O3S/c1-16-13-18(6-9-21(16)23)15-27-22(25-11-10-19-3-2-12-30-19)26-14-17-4-7-20(8-5-17)31(24,28)29/h2-9,12-13H,10-11,14-15H2,1H3,(H2,24,28,29)(H2,25,26,27). The summed E-state index contributed by atoms with van der Waals surface area (Å²) in [7, 11) is -3.72. The van der Waals surface area contributed by atoms with Gasteiger partial charge in [-0.3, -0.25) is 0 Å². The highest BCUT2D eigenvalue weighted by atomic mass is 32.2. The summed E-state index contributed by atoms with van der Waals surface area (Å²) in [6, 6.07) is 15.0. The van der Waals surface area contributed by atoms with Gasteiger partial charge in [-0.25, -0.2) is 22.9 Å². The fourth-order valence-corrected chi connectivity index (χ4v) is 3.41. The molecule has 31 heavy (non-hydrogen) atoms. The van der Waals surface area contributed by atoms with Crippen LogP contribution in [0.5, 0.6) is 0 Å². The van der Waals surface area contributed by atoms with Crippen LogP contribution < -0.4 is 15.8 Å². The second-order valence-electron chi connectivity index (χ2n) is 7.05. The Morgan fingerprint density at radius 2 is 1.84 bits per heavy atom. The van der Waals surface area contributed by atoms with Gasteiger partial charge in [-0.2, -0.15) is 0 Å². The molecule has 3 aromatic rings. The molecule has 2 aromatic carbocycles. The molecular weight excluding hydrogens is 419 g/mol. The molecule has 0 aliphatic heterocycles. The highest BCUT2D eigenvalue weighted by molar-refractivity contribution is 7.89. The molecular formula is C22H25FN4O3S. The summed E-state index contributed by atoms with van der Waals surface area (Å²) in [4.78, 5) is 4.64. The number of furan rings is 1. The molecule has 3 rings (SSSR count).